The van der Waals surface area contributed by atoms with E-state index >= 15 is 0 Å². The first-order valence-corrected chi connectivity index (χ1v) is 7.93. The fourth-order valence-electron chi connectivity index (χ4n) is 1.84. The van der Waals surface area contributed by atoms with Crippen molar-refractivity contribution in [3.8, 4) is 0 Å². The van der Waals surface area contributed by atoms with Gasteiger partial charge in [0.05, 0.1) is 0 Å². The van der Waals surface area contributed by atoms with Crippen LogP contribution in [0.4, 0.5) is 11.4 Å². The second-order valence-electron chi connectivity index (χ2n) is 4.51. The predicted molar refractivity (Wildman–Crippen MR) is 75.2 cm³/mol. The Morgan fingerprint density at radius 2 is 1.18 bits per heavy atom. The van der Waals surface area contributed by atoms with Crippen LogP contribution in [-0.4, -0.2) is 24.8 Å². The fraction of sp³-hybridized carbons (Fsp3) is 0. The van der Waals surface area contributed by atoms with E-state index < -0.39 is 27.7 Å². The molecule has 116 valence electrons. The summed E-state index contributed by atoms with van der Waals surface area (Å²) >= 11 is 0. The molecular weight excluding hydrogens is 315 g/mol. The van der Waals surface area contributed by atoms with Crippen molar-refractivity contribution >= 4 is 29.3 Å². The van der Waals surface area contributed by atoms with Crippen LogP contribution in [0.1, 0.15) is 0 Å². The van der Waals surface area contributed by atoms with E-state index in [1.54, 1.807) is 0 Å². The molecule has 0 bridgehead atoms. The van der Waals surface area contributed by atoms with Crippen LogP contribution in [0.5, 0.6) is 0 Å². The fourth-order valence-corrected chi connectivity index (χ4v) is 3.51. The van der Waals surface area contributed by atoms with Gasteiger partial charge in [0.1, 0.15) is 0 Å². The molecule has 3 N–H and O–H groups in total. The van der Waals surface area contributed by atoms with Crippen molar-refractivity contribution in [2.75, 3.05) is 0 Å². The first-order valence-electron chi connectivity index (χ1n) is 5.87. The molecule has 22 heavy (non-hydrogen) atoms. The van der Waals surface area contributed by atoms with E-state index in [4.69, 9.17) is 5.21 Å². The number of rotatable bonds is 4. The quantitative estimate of drug-likeness (QED) is 0.406. The van der Waals surface area contributed by atoms with E-state index in [0.29, 0.717) is 0 Å². The molecule has 0 saturated heterocycles. The average Bonchev–Trinajstić information content (AvgIpc) is 2.47. The zero-order valence-corrected chi connectivity index (χ0v) is 11.8. The first-order chi connectivity index (χ1) is 10.1. The van der Waals surface area contributed by atoms with Crippen molar-refractivity contribution in [3.63, 3.8) is 0 Å². The van der Waals surface area contributed by atoms with Crippen LogP contribution in [0.25, 0.3) is 0 Å². The van der Waals surface area contributed by atoms with Crippen molar-refractivity contribution in [3.05, 3.63) is 63.6 Å². The van der Waals surface area contributed by atoms with Gasteiger partial charge in [-0.3, -0.25) is 0 Å². The van der Waals surface area contributed by atoms with Gasteiger partial charge >= 0.3 is 123 Å². The molecule has 0 heterocycles. The molecule has 10 heteroatoms. The molecule has 0 aliphatic carbocycles. The molecule has 0 saturated carbocycles. The van der Waals surface area contributed by atoms with Crippen molar-refractivity contribution in [2.45, 2.75) is 0 Å². The molecule has 2 rings (SSSR count). The minimum atomic E-state index is -5.73. The number of nitro benzene ring substituents is 1. The third kappa shape index (κ3) is 2.78. The number of benzene rings is 2. The van der Waals surface area contributed by atoms with Crippen LogP contribution in [-0.2, 0) is 0 Å². The zero-order valence-electron chi connectivity index (χ0n) is 10.9. The van der Waals surface area contributed by atoms with Crippen LogP contribution in [0, 0.1) is 15.0 Å². The topological polar surface area (TPSA) is 147 Å². The molecule has 0 atom stereocenters. The minimum absolute atomic E-state index is 0.195. The van der Waals surface area contributed by atoms with Gasteiger partial charge in [-0.1, -0.05) is 0 Å². The van der Waals surface area contributed by atoms with E-state index in [1.165, 1.54) is 0 Å². The molecule has 2 aromatic carbocycles. The molecule has 0 fully saturated rings. The molecule has 0 radical (unpaired) electrons. The second-order valence-corrected chi connectivity index (χ2v) is 7.44. The molecule has 9 nitrogen and oxygen atoms in total. The van der Waals surface area contributed by atoms with Gasteiger partial charge in [-0.25, -0.2) is 0 Å². The summed E-state index contributed by atoms with van der Waals surface area (Å²) in [5.74, 6) is 0. The number of non-ortho nitro benzene ring substituents is 1. The molecule has 0 unspecified atom stereocenters. The number of hydrogen-bond acceptors (Lipinski definition) is 6. The van der Waals surface area contributed by atoms with Crippen molar-refractivity contribution in [1.29, 1.82) is 0 Å². The summed E-state index contributed by atoms with van der Waals surface area (Å²) in [5.41, 5.74) is -0.493. The Bertz CT molecular complexity index is 673. The Labute approximate surface area is 123 Å². The Hall–Kier alpha value is -2.45. The van der Waals surface area contributed by atoms with Crippen LogP contribution < -0.4 is 15.5 Å². The van der Waals surface area contributed by atoms with Gasteiger partial charge in [-0.2, -0.15) is 0 Å². The van der Waals surface area contributed by atoms with E-state index in [9.17, 15) is 29.7 Å². The predicted octanol–water partition coefficient (Wildman–Crippen LogP) is -0.0116. The average molecular weight is 326 g/mol. The van der Waals surface area contributed by atoms with Crippen molar-refractivity contribution in [1.82, 2.24) is 0 Å². The molecule has 0 amide bonds. The normalized spacial score (nSPS) is 13.1. The van der Waals surface area contributed by atoms with Crippen LogP contribution in [0.3, 0.4) is 0 Å². The maximum atomic E-state index is 12.6. The number of nitro groups is 1. The monoisotopic (exact) mass is 326 g/mol. The summed E-state index contributed by atoms with van der Waals surface area (Å²) in [7, 11) is -5.73. The van der Waals surface area contributed by atoms with Gasteiger partial charge in [0.15, 0.2) is 0 Å². The van der Waals surface area contributed by atoms with Gasteiger partial charge in [-0.05, 0) is 0 Å². The molecule has 0 spiro atoms. The zero-order chi connectivity index (χ0) is 16.6. The summed E-state index contributed by atoms with van der Waals surface area (Å²) in [5, 5.41) is 18.5. The SMILES string of the molecule is O=[N+]([O-])c1ccc(P([O-])(O)(O)c2ccc([N+](=O)O)cc2)cc1. The molecule has 2 aromatic rings. The molecular formula is C12H11N2O7P. The van der Waals surface area contributed by atoms with E-state index in [2.05, 4.69) is 0 Å². The van der Waals surface area contributed by atoms with Gasteiger partial charge in [0.2, 0.25) is 0 Å². The number of nitrogens with zero attached hydrogens (tertiary/aromatic N) is 2. The third-order valence-corrected chi connectivity index (χ3v) is 5.52. The van der Waals surface area contributed by atoms with Crippen molar-refractivity contribution < 1.29 is 29.7 Å². The van der Waals surface area contributed by atoms with Gasteiger partial charge in [-0.15, -0.1) is 0 Å². The Kier molecular flexibility index (Phi) is 3.68. The Balaban J connectivity index is 2.48. The summed E-state index contributed by atoms with van der Waals surface area (Å²) in [6.45, 7) is 0. The van der Waals surface area contributed by atoms with Crippen LogP contribution in [0.2, 0.25) is 0 Å². The van der Waals surface area contributed by atoms with Crippen LogP contribution in [0.15, 0.2) is 48.5 Å². The van der Waals surface area contributed by atoms with E-state index in [1.807, 2.05) is 0 Å². The first kappa shape index (κ1) is 15.9. The van der Waals surface area contributed by atoms with E-state index in [0.717, 1.165) is 48.5 Å². The standard InChI is InChI=1S/C12H11N2O7P/c15-13(16)9-1-5-11(6-2-9)22(19,20,21)12-7-3-10(4-8-12)14(17)18/h1-8,19-20H,(H,15,16). The molecule has 0 aliphatic heterocycles. The Morgan fingerprint density at radius 3 is 1.50 bits per heavy atom. The van der Waals surface area contributed by atoms with Gasteiger partial charge in [0.25, 0.3) is 0 Å². The molecule has 0 aliphatic rings. The maximum absolute atomic E-state index is 12.6. The molecule has 0 aromatic heterocycles. The van der Waals surface area contributed by atoms with Crippen molar-refractivity contribution in [2.24, 2.45) is 0 Å². The summed E-state index contributed by atoms with van der Waals surface area (Å²) in [4.78, 5) is 53.1. The summed E-state index contributed by atoms with van der Waals surface area (Å²) < 4.78 is 0. The van der Waals surface area contributed by atoms with Crippen LogP contribution >= 0.6 is 7.28 Å². The number of hydrogen-bond donors (Lipinski definition) is 3. The summed E-state index contributed by atoms with van der Waals surface area (Å²) in [6.07, 6.45) is 0. The summed E-state index contributed by atoms with van der Waals surface area (Å²) in [6, 6.07) is 8.01. The second kappa shape index (κ2) is 5.08. The Morgan fingerprint density at radius 1 is 0.818 bits per heavy atom. The van der Waals surface area contributed by atoms with Gasteiger partial charge < -0.3 is 0 Å². The van der Waals surface area contributed by atoms with Gasteiger partial charge in [0, 0.05) is 0 Å². The third-order valence-electron chi connectivity index (χ3n) is 3.06. The van der Waals surface area contributed by atoms with E-state index in [-0.39, 0.29) is 11.4 Å².